The maximum atomic E-state index is 13.2. The molecule has 6 heteroatoms. The van der Waals surface area contributed by atoms with Crippen LogP contribution in [-0.2, 0) is 4.79 Å². The molecule has 0 radical (unpaired) electrons. The van der Waals surface area contributed by atoms with Gasteiger partial charge in [0.25, 0.3) is 0 Å². The Morgan fingerprint density at radius 3 is 2.26 bits per heavy atom. The number of halogens is 3. The number of hydrogen-bond acceptors (Lipinski definition) is 2. The van der Waals surface area contributed by atoms with Crippen molar-refractivity contribution in [1.82, 2.24) is 5.32 Å². The molecule has 0 spiro atoms. The van der Waals surface area contributed by atoms with Crippen LogP contribution in [-0.4, -0.2) is 18.5 Å². The fraction of sp³-hybridized carbons (Fsp3) is 0.462. The van der Waals surface area contributed by atoms with Crippen molar-refractivity contribution in [2.24, 2.45) is 0 Å². The summed E-state index contributed by atoms with van der Waals surface area (Å²) >= 11 is 11.3. The zero-order valence-corrected chi connectivity index (χ0v) is 12.4. The second-order valence-corrected chi connectivity index (χ2v) is 5.00. The number of carbonyl (C=O) groups is 1. The first-order valence-electron chi connectivity index (χ1n) is 6.15. The normalized spacial score (nSPS) is 10.6. The van der Waals surface area contributed by atoms with Gasteiger partial charge in [0.05, 0.1) is 16.6 Å². The van der Waals surface area contributed by atoms with E-state index in [1.165, 1.54) is 12.1 Å². The van der Waals surface area contributed by atoms with Crippen molar-refractivity contribution in [2.75, 3.05) is 11.9 Å². The molecule has 0 heterocycles. The van der Waals surface area contributed by atoms with Gasteiger partial charge in [-0.3, -0.25) is 4.79 Å². The van der Waals surface area contributed by atoms with Gasteiger partial charge in [0, 0.05) is 11.7 Å². The molecule has 0 saturated heterocycles. The first-order valence-corrected chi connectivity index (χ1v) is 6.91. The number of anilines is 1. The van der Waals surface area contributed by atoms with Crippen LogP contribution in [0.4, 0.5) is 10.1 Å². The Balaban J connectivity index is 2.55. The highest BCUT2D eigenvalue weighted by molar-refractivity contribution is 6.35. The minimum Gasteiger partial charge on any atom is -0.376 e. The Hall–Kier alpha value is -1.00. The molecular weight excluding hydrogens is 290 g/mol. The van der Waals surface area contributed by atoms with E-state index in [4.69, 9.17) is 23.2 Å². The molecule has 0 aliphatic carbocycles. The van der Waals surface area contributed by atoms with Crippen LogP contribution in [0, 0.1) is 5.82 Å². The highest BCUT2D eigenvalue weighted by Crippen LogP contribution is 2.27. The molecule has 2 N–H and O–H groups in total. The summed E-state index contributed by atoms with van der Waals surface area (Å²) < 4.78 is 13.2. The van der Waals surface area contributed by atoms with Crippen molar-refractivity contribution >= 4 is 34.8 Å². The third-order valence-corrected chi connectivity index (χ3v) is 3.34. The van der Waals surface area contributed by atoms with Gasteiger partial charge in [0.15, 0.2) is 5.82 Å². The Bertz CT molecular complexity index is 427. The summed E-state index contributed by atoms with van der Waals surface area (Å²) in [4.78, 5) is 11.7. The standard InChI is InChI=1S/C13H17Cl2FN2O/c1-3-8(4-2)18-12(19)7-17-9-5-10(14)13(16)11(15)6-9/h5-6,8,17H,3-4,7H2,1-2H3,(H,18,19). The van der Waals surface area contributed by atoms with Gasteiger partial charge in [-0.15, -0.1) is 0 Å². The van der Waals surface area contributed by atoms with E-state index in [1.54, 1.807) is 0 Å². The fourth-order valence-corrected chi connectivity index (χ4v) is 2.10. The Morgan fingerprint density at radius 2 is 1.79 bits per heavy atom. The maximum Gasteiger partial charge on any atom is 0.239 e. The molecule has 19 heavy (non-hydrogen) atoms. The second-order valence-electron chi connectivity index (χ2n) is 4.19. The summed E-state index contributed by atoms with van der Waals surface area (Å²) in [5, 5.41) is 5.60. The monoisotopic (exact) mass is 306 g/mol. The van der Waals surface area contributed by atoms with Crippen molar-refractivity contribution in [3.05, 3.63) is 28.0 Å². The van der Waals surface area contributed by atoms with E-state index in [0.29, 0.717) is 5.69 Å². The zero-order valence-electron chi connectivity index (χ0n) is 10.9. The number of amides is 1. The first kappa shape index (κ1) is 16.1. The van der Waals surface area contributed by atoms with E-state index in [2.05, 4.69) is 10.6 Å². The summed E-state index contributed by atoms with van der Waals surface area (Å²) in [5.41, 5.74) is 0.510. The molecule has 3 nitrogen and oxygen atoms in total. The first-order chi connectivity index (χ1) is 8.97. The van der Waals surface area contributed by atoms with Crippen molar-refractivity contribution in [3.63, 3.8) is 0 Å². The van der Waals surface area contributed by atoms with Gasteiger partial charge in [-0.05, 0) is 25.0 Å². The Morgan fingerprint density at radius 1 is 1.26 bits per heavy atom. The van der Waals surface area contributed by atoms with Gasteiger partial charge < -0.3 is 10.6 Å². The number of benzene rings is 1. The topological polar surface area (TPSA) is 41.1 Å². The molecule has 0 atom stereocenters. The fourth-order valence-electron chi connectivity index (χ4n) is 1.61. The summed E-state index contributed by atoms with van der Waals surface area (Å²) in [7, 11) is 0. The molecule has 106 valence electrons. The van der Waals surface area contributed by atoms with Crippen LogP contribution < -0.4 is 10.6 Å². The summed E-state index contributed by atoms with van der Waals surface area (Å²) in [6, 6.07) is 2.97. The molecule has 1 rings (SSSR count). The summed E-state index contributed by atoms with van der Waals surface area (Å²) in [6.45, 7) is 4.12. The van der Waals surface area contributed by atoms with Crippen LogP contribution in [0.2, 0.25) is 10.0 Å². The van der Waals surface area contributed by atoms with Crippen molar-refractivity contribution in [3.8, 4) is 0 Å². The van der Waals surface area contributed by atoms with E-state index in [1.807, 2.05) is 13.8 Å². The molecule has 0 fully saturated rings. The lowest BCUT2D eigenvalue weighted by atomic mass is 10.2. The highest BCUT2D eigenvalue weighted by atomic mass is 35.5. The van der Waals surface area contributed by atoms with E-state index in [9.17, 15) is 9.18 Å². The van der Waals surface area contributed by atoms with Gasteiger partial charge in [-0.1, -0.05) is 37.0 Å². The number of rotatable bonds is 6. The van der Waals surface area contributed by atoms with E-state index in [-0.39, 0.29) is 28.5 Å². The van der Waals surface area contributed by atoms with Gasteiger partial charge in [-0.2, -0.15) is 0 Å². The maximum absolute atomic E-state index is 13.2. The van der Waals surface area contributed by atoms with Crippen LogP contribution in [0.5, 0.6) is 0 Å². The summed E-state index contributed by atoms with van der Waals surface area (Å²) in [6.07, 6.45) is 1.77. The lowest BCUT2D eigenvalue weighted by Gasteiger charge is -2.15. The third-order valence-electron chi connectivity index (χ3n) is 2.79. The van der Waals surface area contributed by atoms with E-state index >= 15 is 0 Å². The average molecular weight is 307 g/mol. The molecule has 0 aliphatic heterocycles. The van der Waals surface area contributed by atoms with Crippen LogP contribution in [0.1, 0.15) is 26.7 Å². The molecule has 0 aliphatic rings. The predicted octanol–water partition coefficient (Wildman–Crippen LogP) is 3.85. The smallest absolute Gasteiger partial charge is 0.239 e. The SMILES string of the molecule is CCC(CC)NC(=O)CNc1cc(Cl)c(F)c(Cl)c1. The predicted molar refractivity (Wildman–Crippen MR) is 77.4 cm³/mol. The zero-order chi connectivity index (χ0) is 14.4. The van der Waals surface area contributed by atoms with Crippen molar-refractivity contribution < 1.29 is 9.18 Å². The van der Waals surface area contributed by atoms with Crippen LogP contribution >= 0.6 is 23.2 Å². The van der Waals surface area contributed by atoms with Crippen LogP contribution in [0.3, 0.4) is 0 Å². The Kier molecular flexibility index (Phi) is 6.38. The lowest BCUT2D eigenvalue weighted by Crippen LogP contribution is -2.37. The van der Waals surface area contributed by atoms with E-state index < -0.39 is 5.82 Å². The van der Waals surface area contributed by atoms with Crippen LogP contribution in [0.15, 0.2) is 12.1 Å². The number of nitrogens with one attached hydrogen (secondary N) is 2. The van der Waals surface area contributed by atoms with E-state index in [0.717, 1.165) is 12.8 Å². The van der Waals surface area contributed by atoms with Gasteiger partial charge in [0.2, 0.25) is 5.91 Å². The van der Waals surface area contributed by atoms with Gasteiger partial charge >= 0.3 is 0 Å². The quantitative estimate of drug-likeness (QED) is 0.784. The average Bonchev–Trinajstić information content (AvgIpc) is 2.39. The minimum atomic E-state index is -0.657. The lowest BCUT2D eigenvalue weighted by molar-refractivity contribution is -0.120. The van der Waals surface area contributed by atoms with Crippen molar-refractivity contribution in [1.29, 1.82) is 0 Å². The largest absolute Gasteiger partial charge is 0.376 e. The molecule has 1 aromatic rings. The molecule has 0 bridgehead atoms. The molecule has 1 amide bonds. The molecule has 1 aromatic carbocycles. The molecule has 0 unspecified atom stereocenters. The van der Waals surface area contributed by atoms with Crippen molar-refractivity contribution in [2.45, 2.75) is 32.7 Å². The summed E-state index contributed by atoms with van der Waals surface area (Å²) in [5.74, 6) is -0.777. The molecule has 0 aromatic heterocycles. The minimum absolute atomic E-state index is 0.0737. The number of carbonyl (C=O) groups excluding carboxylic acids is 1. The Labute approximate surface area is 122 Å². The molecular formula is C13H17Cl2FN2O. The second kappa shape index (κ2) is 7.56. The van der Waals surface area contributed by atoms with Crippen LogP contribution in [0.25, 0.3) is 0 Å². The highest BCUT2D eigenvalue weighted by Gasteiger charge is 2.10. The molecule has 0 saturated carbocycles. The number of hydrogen-bond donors (Lipinski definition) is 2. The van der Waals surface area contributed by atoms with Gasteiger partial charge in [-0.25, -0.2) is 4.39 Å². The van der Waals surface area contributed by atoms with Gasteiger partial charge in [0.1, 0.15) is 0 Å². The third kappa shape index (κ3) is 4.88.